The van der Waals surface area contributed by atoms with Gasteiger partial charge in [-0.25, -0.2) is 0 Å². The number of nitrogens with one attached hydrogen (secondary N) is 1. The Balaban J connectivity index is 1.74. The summed E-state index contributed by atoms with van der Waals surface area (Å²) in [5, 5.41) is 3.36. The van der Waals surface area contributed by atoms with Gasteiger partial charge in [0.2, 0.25) is 0 Å². The van der Waals surface area contributed by atoms with Gasteiger partial charge in [0.1, 0.15) is 5.75 Å². The minimum absolute atomic E-state index is 0.144. The molecule has 0 bridgehead atoms. The van der Waals surface area contributed by atoms with Gasteiger partial charge >= 0.3 is 5.97 Å². The fourth-order valence-electron chi connectivity index (χ4n) is 2.06. The van der Waals surface area contributed by atoms with Crippen LogP contribution in [0, 0.1) is 0 Å². The highest BCUT2D eigenvalue weighted by Gasteiger charge is 2.18. The van der Waals surface area contributed by atoms with E-state index < -0.39 is 12.1 Å². The molecule has 7 heteroatoms. The number of ether oxygens (including phenoxy) is 2. The summed E-state index contributed by atoms with van der Waals surface area (Å²) in [5.74, 6) is 0.601. The zero-order chi connectivity index (χ0) is 18.9. The molecule has 0 radical (unpaired) electrons. The highest BCUT2D eigenvalue weighted by molar-refractivity contribution is 7.99. The van der Waals surface area contributed by atoms with Gasteiger partial charge in [-0.05, 0) is 42.8 Å². The van der Waals surface area contributed by atoms with Gasteiger partial charge in [-0.1, -0.05) is 29.8 Å². The number of methoxy groups -OCH3 is 1. The molecule has 0 aliphatic rings. The molecule has 26 heavy (non-hydrogen) atoms. The molecule has 0 aliphatic heterocycles. The summed E-state index contributed by atoms with van der Waals surface area (Å²) in [6, 6.07) is 14.4. The van der Waals surface area contributed by atoms with Crippen LogP contribution in [0.4, 0.5) is 5.69 Å². The lowest BCUT2D eigenvalue weighted by atomic mass is 10.2. The van der Waals surface area contributed by atoms with E-state index in [-0.39, 0.29) is 11.7 Å². The minimum Gasteiger partial charge on any atom is -0.497 e. The second-order valence-corrected chi connectivity index (χ2v) is 6.83. The van der Waals surface area contributed by atoms with Crippen LogP contribution in [0.15, 0.2) is 48.5 Å². The normalized spacial score (nSPS) is 11.5. The molecule has 1 atom stereocenters. The van der Waals surface area contributed by atoms with E-state index in [1.54, 1.807) is 37.4 Å². The van der Waals surface area contributed by atoms with E-state index >= 15 is 0 Å². The van der Waals surface area contributed by atoms with Gasteiger partial charge in [0.05, 0.1) is 12.9 Å². The van der Waals surface area contributed by atoms with Gasteiger partial charge in [-0.15, -0.1) is 11.8 Å². The number of anilines is 1. The minimum atomic E-state index is -0.884. The third kappa shape index (κ3) is 6.28. The molecule has 0 unspecified atom stereocenters. The maximum atomic E-state index is 12.1. The van der Waals surface area contributed by atoms with Crippen molar-refractivity contribution in [2.45, 2.75) is 18.8 Å². The van der Waals surface area contributed by atoms with E-state index in [0.717, 1.165) is 5.56 Å². The number of halogens is 1. The fourth-order valence-corrected chi connectivity index (χ4v) is 3.15. The second kappa shape index (κ2) is 10.1. The van der Waals surface area contributed by atoms with Crippen molar-refractivity contribution in [1.29, 1.82) is 0 Å². The Hall–Kier alpha value is -2.18. The summed E-state index contributed by atoms with van der Waals surface area (Å²) in [7, 11) is 1.57. The van der Waals surface area contributed by atoms with Gasteiger partial charge in [0, 0.05) is 16.5 Å². The van der Waals surface area contributed by atoms with Crippen molar-refractivity contribution in [3.63, 3.8) is 0 Å². The van der Waals surface area contributed by atoms with Crippen LogP contribution >= 0.6 is 23.4 Å². The van der Waals surface area contributed by atoms with Gasteiger partial charge in [-0.3, -0.25) is 9.59 Å². The maximum absolute atomic E-state index is 12.1. The van der Waals surface area contributed by atoms with Crippen LogP contribution in [0.5, 0.6) is 5.75 Å². The fraction of sp³-hybridized carbons (Fsp3) is 0.263. The van der Waals surface area contributed by atoms with Crippen LogP contribution in [-0.2, 0) is 20.1 Å². The summed E-state index contributed by atoms with van der Waals surface area (Å²) in [4.78, 5) is 24.0. The summed E-state index contributed by atoms with van der Waals surface area (Å²) in [6.45, 7) is 1.54. The third-order valence-electron chi connectivity index (χ3n) is 3.47. The van der Waals surface area contributed by atoms with Crippen LogP contribution < -0.4 is 10.1 Å². The predicted octanol–water partition coefficient (Wildman–Crippen LogP) is 4.15. The molecule has 138 valence electrons. The van der Waals surface area contributed by atoms with Crippen molar-refractivity contribution >= 4 is 40.9 Å². The Labute approximate surface area is 162 Å². The van der Waals surface area contributed by atoms with E-state index in [2.05, 4.69) is 5.32 Å². The van der Waals surface area contributed by atoms with Crippen LogP contribution in [0.25, 0.3) is 0 Å². The molecule has 2 aromatic rings. The zero-order valence-corrected chi connectivity index (χ0v) is 16.1. The lowest BCUT2D eigenvalue weighted by Gasteiger charge is -2.13. The highest BCUT2D eigenvalue weighted by atomic mass is 35.5. The average molecular weight is 394 g/mol. The number of hydrogen-bond donors (Lipinski definition) is 1. The topological polar surface area (TPSA) is 64.6 Å². The van der Waals surface area contributed by atoms with Crippen molar-refractivity contribution in [1.82, 2.24) is 0 Å². The quantitative estimate of drug-likeness (QED) is 0.682. The van der Waals surface area contributed by atoms with Crippen molar-refractivity contribution in [3.05, 3.63) is 59.1 Å². The van der Waals surface area contributed by atoms with Gasteiger partial charge < -0.3 is 14.8 Å². The molecular formula is C19H20ClNO4S. The summed E-state index contributed by atoms with van der Waals surface area (Å²) in [5.41, 5.74) is 1.56. The Morgan fingerprint density at radius 1 is 1.15 bits per heavy atom. The first-order valence-electron chi connectivity index (χ1n) is 7.95. The number of esters is 1. The number of hydrogen-bond acceptors (Lipinski definition) is 5. The van der Waals surface area contributed by atoms with Crippen LogP contribution in [0.3, 0.4) is 0 Å². The predicted molar refractivity (Wildman–Crippen MR) is 105 cm³/mol. The van der Waals surface area contributed by atoms with Gasteiger partial charge in [0.15, 0.2) is 6.10 Å². The van der Waals surface area contributed by atoms with Crippen LogP contribution in [0.2, 0.25) is 5.02 Å². The molecule has 1 amide bonds. The van der Waals surface area contributed by atoms with Gasteiger partial charge in [0.25, 0.3) is 5.91 Å². The Morgan fingerprint density at radius 2 is 1.85 bits per heavy atom. The van der Waals surface area contributed by atoms with Crippen molar-refractivity contribution in [2.75, 3.05) is 18.2 Å². The van der Waals surface area contributed by atoms with Crippen molar-refractivity contribution in [3.8, 4) is 5.75 Å². The van der Waals surface area contributed by atoms with E-state index in [4.69, 9.17) is 21.1 Å². The van der Waals surface area contributed by atoms with E-state index in [9.17, 15) is 9.59 Å². The Morgan fingerprint density at radius 3 is 2.50 bits per heavy atom. The summed E-state index contributed by atoms with van der Waals surface area (Å²) >= 11 is 7.46. The highest BCUT2D eigenvalue weighted by Crippen LogP contribution is 2.21. The SMILES string of the molecule is COc1ccc(NC(=O)[C@H](C)OC(=O)CSCc2ccccc2Cl)cc1. The summed E-state index contributed by atoms with van der Waals surface area (Å²) < 4.78 is 10.2. The molecule has 0 aromatic heterocycles. The molecule has 0 aliphatic carbocycles. The first-order valence-corrected chi connectivity index (χ1v) is 9.48. The number of benzene rings is 2. The number of thioether (sulfide) groups is 1. The summed E-state index contributed by atoms with van der Waals surface area (Å²) in [6.07, 6.45) is -0.884. The molecule has 2 aromatic carbocycles. The molecule has 0 heterocycles. The molecule has 0 saturated carbocycles. The molecule has 0 fully saturated rings. The smallest absolute Gasteiger partial charge is 0.316 e. The largest absolute Gasteiger partial charge is 0.497 e. The number of carbonyl (C=O) groups is 2. The first-order chi connectivity index (χ1) is 12.5. The number of carbonyl (C=O) groups excluding carboxylic acids is 2. The first kappa shape index (κ1) is 20.1. The molecule has 1 N–H and O–H groups in total. The monoisotopic (exact) mass is 393 g/mol. The lowest BCUT2D eigenvalue weighted by molar-refractivity contribution is -0.150. The molecule has 0 spiro atoms. The van der Waals surface area contributed by atoms with Crippen LogP contribution in [0.1, 0.15) is 12.5 Å². The third-order valence-corrected chi connectivity index (χ3v) is 4.79. The van der Waals surface area contributed by atoms with Crippen molar-refractivity contribution in [2.24, 2.45) is 0 Å². The number of amides is 1. The standard InChI is InChI=1S/C19H20ClNO4S/c1-13(19(23)21-15-7-9-16(24-2)10-8-15)25-18(22)12-26-11-14-5-3-4-6-17(14)20/h3-10,13H,11-12H2,1-2H3,(H,21,23)/t13-/m0/s1. The number of rotatable bonds is 8. The molecular weight excluding hydrogens is 374 g/mol. The molecule has 5 nitrogen and oxygen atoms in total. The Bertz CT molecular complexity index is 751. The molecule has 2 rings (SSSR count). The second-order valence-electron chi connectivity index (χ2n) is 5.43. The van der Waals surface area contributed by atoms with Crippen molar-refractivity contribution < 1.29 is 19.1 Å². The molecule has 0 saturated heterocycles. The van der Waals surface area contributed by atoms with E-state index in [0.29, 0.717) is 22.2 Å². The Kier molecular flexibility index (Phi) is 7.81. The van der Waals surface area contributed by atoms with Crippen LogP contribution in [-0.4, -0.2) is 30.8 Å². The maximum Gasteiger partial charge on any atom is 0.316 e. The lowest BCUT2D eigenvalue weighted by Crippen LogP contribution is -2.30. The average Bonchev–Trinajstić information content (AvgIpc) is 2.64. The van der Waals surface area contributed by atoms with E-state index in [1.807, 2.05) is 18.2 Å². The van der Waals surface area contributed by atoms with E-state index in [1.165, 1.54) is 18.7 Å². The zero-order valence-electron chi connectivity index (χ0n) is 14.5. The van der Waals surface area contributed by atoms with Gasteiger partial charge in [-0.2, -0.15) is 0 Å².